The number of hydrogen-bond acceptors (Lipinski definition) is 2. The molecule has 3 nitrogen and oxygen atoms in total. The molecule has 0 saturated heterocycles. The summed E-state index contributed by atoms with van der Waals surface area (Å²) in [4.78, 5) is 15.2. The SMILES string of the molecule is O=C(O)c1ccc(C#CC2=NCc3ccccc32)cc1. The highest BCUT2D eigenvalue weighted by molar-refractivity contribution is 6.15. The molecule has 0 bridgehead atoms. The molecule has 1 heterocycles. The number of rotatable bonds is 1. The number of fused-ring (bicyclic) bond motifs is 1. The van der Waals surface area contributed by atoms with Crippen molar-refractivity contribution in [2.75, 3.05) is 0 Å². The van der Waals surface area contributed by atoms with Gasteiger partial charge in [0.15, 0.2) is 0 Å². The van der Waals surface area contributed by atoms with E-state index in [2.05, 4.69) is 22.9 Å². The van der Waals surface area contributed by atoms with Crippen LogP contribution in [0.1, 0.15) is 27.0 Å². The van der Waals surface area contributed by atoms with E-state index in [4.69, 9.17) is 5.11 Å². The summed E-state index contributed by atoms with van der Waals surface area (Å²) in [7, 11) is 0. The van der Waals surface area contributed by atoms with Crippen molar-refractivity contribution in [2.24, 2.45) is 4.99 Å². The predicted molar refractivity (Wildman–Crippen MR) is 77.0 cm³/mol. The number of carboxylic acids is 1. The molecule has 0 aromatic heterocycles. The molecule has 1 aliphatic heterocycles. The van der Waals surface area contributed by atoms with E-state index in [0.29, 0.717) is 6.54 Å². The Balaban J connectivity index is 1.85. The van der Waals surface area contributed by atoms with E-state index in [1.165, 1.54) is 5.56 Å². The second-order valence-electron chi connectivity index (χ2n) is 4.45. The average Bonchev–Trinajstić information content (AvgIpc) is 2.89. The lowest BCUT2D eigenvalue weighted by Gasteiger charge is -1.96. The second kappa shape index (κ2) is 5.02. The van der Waals surface area contributed by atoms with Gasteiger partial charge in [0.2, 0.25) is 0 Å². The van der Waals surface area contributed by atoms with Crippen LogP contribution in [0.2, 0.25) is 0 Å². The van der Waals surface area contributed by atoms with E-state index in [0.717, 1.165) is 16.8 Å². The molecule has 0 atom stereocenters. The van der Waals surface area contributed by atoms with Crippen LogP contribution in [0.5, 0.6) is 0 Å². The third-order valence-electron chi connectivity index (χ3n) is 3.14. The topological polar surface area (TPSA) is 49.7 Å². The lowest BCUT2D eigenvalue weighted by Crippen LogP contribution is -1.96. The van der Waals surface area contributed by atoms with E-state index in [-0.39, 0.29) is 5.56 Å². The molecule has 0 spiro atoms. The summed E-state index contributed by atoms with van der Waals surface area (Å²) in [6.07, 6.45) is 0. The van der Waals surface area contributed by atoms with Gasteiger partial charge in [-0.25, -0.2) is 4.79 Å². The molecule has 0 fully saturated rings. The molecule has 1 aliphatic rings. The Bertz CT molecular complexity index is 762. The largest absolute Gasteiger partial charge is 0.478 e. The van der Waals surface area contributed by atoms with Crippen LogP contribution < -0.4 is 0 Å². The van der Waals surface area contributed by atoms with Gasteiger partial charge in [-0.15, -0.1) is 0 Å². The molecule has 3 heteroatoms. The number of carbonyl (C=O) groups is 1. The Morgan fingerprint density at radius 2 is 1.80 bits per heavy atom. The fraction of sp³-hybridized carbons (Fsp3) is 0.0588. The zero-order valence-electron chi connectivity index (χ0n) is 10.6. The van der Waals surface area contributed by atoms with Crippen molar-refractivity contribution in [3.8, 4) is 11.8 Å². The molecule has 96 valence electrons. The summed E-state index contributed by atoms with van der Waals surface area (Å²) in [5.41, 5.74) is 4.12. The van der Waals surface area contributed by atoms with Crippen LogP contribution in [0.3, 0.4) is 0 Å². The van der Waals surface area contributed by atoms with Gasteiger partial charge in [-0.3, -0.25) is 4.99 Å². The van der Waals surface area contributed by atoms with Crippen LogP contribution in [-0.4, -0.2) is 16.8 Å². The van der Waals surface area contributed by atoms with Gasteiger partial charge in [0, 0.05) is 11.1 Å². The molecular weight excluding hydrogens is 250 g/mol. The fourth-order valence-corrected chi connectivity index (χ4v) is 2.07. The number of aromatic carboxylic acids is 1. The summed E-state index contributed by atoms with van der Waals surface area (Å²) in [5, 5.41) is 8.83. The third-order valence-corrected chi connectivity index (χ3v) is 3.14. The van der Waals surface area contributed by atoms with Crippen molar-refractivity contribution >= 4 is 11.7 Å². The molecule has 2 aromatic carbocycles. The zero-order valence-corrected chi connectivity index (χ0v) is 10.6. The molecule has 0 saturated carbocycles. The number of carboxylic acid groups (broad SMARTS) is 1. The highest BCUT2D eigenvalue weighted by Crippen LogP contribution is 2.17. The van der Waals surface area contributed by atoms with E-state index >= 15 is 0 Å². The first kappa shape index (κ1) is 12.2. The minimum absolute atomic E-state index is 0.263. The van der Waals surface area contributed by atoms with Gasteiger partial charge in [0.25, 0.3) is 0 Å². The van der Waals surface area contributed by atoms with Crippen molar-refractivity contribution in [3.63, 3.8) is 0 Å². The first-order valence-electron chi connectivity index (χ1n) is 6.22. The maximum Gasteiger partial charge on any atom is 0.335 e. The summed E-state index contributed by atoms with van der Waals surface area (Å²) in [6.45, 7) is 0.679. The van der Waals surface area contributed by atoms with Crippen LogP contribution in [-0.2, 0) is 6.54 Å². The second-order valence-corrected chi connectivity index (χ2v) is 4.45. The van der Waals surface area contributed by atoms with Crippen LogP contribution in [0.15, 0.2) is 53.5 Å². The normalized spacial score (nSPS) is 12.1. The fourth-order valence-electron chi connectivity index (χ4n) is 2.07. The Hall–Kier alpha value is -2.86. The van der Waals surface area contributed by atoms with Gasteiger partial charge in [0.1, 0.15) is 5.71 Å². The van der Waals surface area contributed by atoms with Gasteiger partial charge >= 0.3 is 5.97 Å². The van der Waals surface area contributed by atoms with Gasteiger partial charge < -0.3 is 5.11 Å². The lowest BCUT2D eigenvalue weighted by atomic mass is 10.1. The van der Waals surface area contributed by atoms with E-state index < -0.39 is 5.97 Å². The van der Waals surface area contributed by atoms with E-state index in [1.54, 1.807) is 24.3 Å². The van der Waals surface area contributed by atoms with Crippen molar-refractivity contribution in [1.82, 2.24) is 0 Å². The third kappa shape index (κ3) is 2.32. The standard InChI is InChI=1S/C17H11NO2/c19-17(20)13-8-5-12(6-9-13)7-10-16-15-4-2-1-3-14(15)11-18-16/h1-6,8-9H,11H2,(H,19,20). The monoisotopic (exact) mass is 261 g/mol. The molecule has 3 rings (SSSR count). The van der Waals surface area contributed by atoms with E-state index in [9.17, 15) is 4.79 Å². The van der Waals surface area contributed by atoms with Crippen LogP contribution in [0.4, 0.5) is 0 Å². The molecule has 0 radical (unpaired) electrons. The van der Waals surface area contributed by atoms with Gasteiger partial charge in [0.05, 0.1) is 12.1 Å². The number of aliphatic imine (C=N–C) groups is 1. The summed E-state index contributed by atoms with van der Waals surface area (Å²) < 4.78 is 0. The highest BCUT2D eigenvalue weighted by Gasteiger charge is 2.12. The first-order chi connectivity index (χ1) is 9.74. The molecular formula is C17H11NO2. The Labute approximate surface area is 116 Å². The van der Waals surface area contributed by atoms with Gasteiger partial charge in [-0.1, -0.05) is 30.2 Å². The van der Waals surface area contributed by atoms with Crippen LogP contribution in [0, 0.1) is 11.8 Å². The number of nitrogens with zero attached hydrogens (tertiary/aromatic N) is 1. The van der Waals surface area contributed by atoms with Crippen molar-refractivity contribution < 1.29 is 9.90 Å². The highest BCUT2D eigenvalue weighted by atomic mass is 16.4. The maximum atomic E-state index is 10.8. The maximum absolute atomic E-state index is 10.8. The average molecular weight is 261 g/mol. The summed E-state index contributed by atoms with van der Waals surface area (Å²) in [5.74, 6) is 5.14. The van der Waals surface area contributed by atoms with E-state index in [1.807, 2.05) is 18.2 Å². The van der Waals surface area contributed by atoms with Crippen LogP contribution in [0.25, 0.3) is 0 Å². The predicted octanol–water partition coefficient (Wildman–Crippen LogP) is 2.74. The first-order valence-corrected chi connectivity index (χ1v) is 6.22. The Morgan fingerprint density at radius 3 is 2.55 bits per heavy atom. The molecule has 0 unspecified atom stereocenters. The summed E-state index contributed by atoms with van der Waals surface area (Å²) >= 11 is 0. The van der Waals surface area contributed by atoms with Crippen LogP contribution >= 0.6 is 0 Å². The van der Waals surface area contributed by atoms with Gasteiger partial charge in [-0.05, 0) is 35.7 Å². The van der Waals surface area contributed by atoms with Crippen molar-refractivity contribution in [1.29, 1.82) is 0 Å². The number of hydrogen-bond donors (Lipinski definition) is 1. The Morgan fingerprint density at radius 1 is 1.05 bits per heavy atom. The molecule has 0 aliphatic carbocycles. The molecule has 2 aromatic rings. The quantitative estimate of drug-likeness (QED) is 0.802. The Kier molecular flexibility index (Phi) is 3.06. The molecule has 20 heavy (non-hydrogen) atoms. The minimum atomic E-state index is -0.932. The van der Waals surface area contributed by atoms with Crippen molar-refractivity contribution in [2.45, 2.75) is 6.54 Å². The summed E-state index contributed by atoms with van der Waals surface area (Å²) in [6, 6.07) is 14.6. The van der Waals surface area contributed by atoms with Crippen molar-refractivity contribution in [3.05, 3.63) is 70.8 Å². The zero-order chi connectivity index (χ0) is 13.9. The number of benzene rings is 2. The minimum Gasteiger partial charge on any atom is -0.478 e. The molecule has 1 N–H and O–H groups in total. The molecule has 0 amide bonds. The smallest absolute Gasteiger partial charge is 0.335 e. The lowest BCUT2D eigenvalue weighted by molar-refractivity contribution is 0.0697. The van der Waals surface area contributed by atoms with Gasteiger partial charge in [-0.2, -0.15) is 0 Å².